The predicted octanol–water partition coefficient (Wildman–Crippen LogP) is 5.55. The summed E-state index contributed by atoms with van der Waals surface area (Å²) in [7, 11) is 2.87. The lowest BCUT2D eigenvalue weighted by molar-refractivity contribution is 0.0246. The van der Waals surface area contributed by atoms with Crippen LogP contribution in [0.15, 0.2) is 77.5 Å². The standard InChI is InChI=1S/C29H31NO7/c1-18(2)19(3)23(24-16-21(28(32)35-5)6-9-25(24)34-4)8-11-27(26-10-7-22(17-31)36-26)37-29(33)20-12-14-30-15-13-20/h6-10,12-16,18,27,31H,3,11,17H2,1-2,4-5H3/b23-8-/t27-/m0/s1. The molecule has 0 saturated carbocycles. The molecule has 1 atom stereocenters. The van der Waals surface area contributed by atoms with Crippen molar-refractivity contribution >= 4 is 17.5 Å². The smallest absolute Gasteiger partial charge is 0.338 e. The number of rotatable bonds is 11. The monoisotopic (exact) mass is 505 g/mol. The molecule has 194 valence electrons. The molecule has 8 heteroatoms. The number of pyridine rings is 1. The number of furan rings is 1. The number of carbonyl (C=O) groups excluding carboxylic acids is 2. The Kier molecular flexibility index (Phi) is 9.40. The molecule has 0 aliphatic carbocycles. The molecule has 0 aliphatic heterocycles. The number of benzene rings is 1. The quantitative estimate of drug-likeness (QED) is 0.267. The number of hydrogen-bond acceptors (Lipinski definition) is 8. The van der Waals surface area contributed by atoms with Crippen LogP contribution < -0.4 is 4.74 Å². The lowest BCUT2D eigenvalue weighted by Gasteiger charge is -2.20. The number of nitrogens with zero attached hydrogens (tertiary/aromatic N) is 1. The molecule has 0 radical (unpaired) electrons. The van der Waals surface area contributed by atoms with Crippen molar-refractivity contribution < 1.29 is 33.3 Å². The minimum atomic E-state index is -0.800. The molecule has 2 heterocycles. The van der Waals surface area contributed by atoms with E-state index in [1.54, 1.807) is 49.6 Å². The van der Waals surface area contributed by atoms with Gasteiger partial charge in [-0.15, -0.1) is 0 Å². The first kappa shape index (κ1) is 27.4. The SMILES string of the molecule is C=C(/C(=C/C[C@H](OC(=O)c1ccncc1)c1ccc(CO)o1)c1cc(C(=O)OC)ccc1OC)C(C)C. The number of aromatic nitrogens is 1. The normalized spacial score (nSPS) is 12.2. The number of aliphatic hydroxyl groups excluding tert-OH is 1. The summed E-state index contributed by atoms with van der Waals surface area (Å²) in [5, 5.41) is 9.46. The highest BCUT2D eigenvalue weighted by Gasteiger charge is 2.23. The molecule has 0 amide bonds. The second-order valence-electron chi connectivity index (χ2n) is 8.53. The molecular formula is C29H31NO7. The Hall–Kier alpha value is -4.17. The van der Waals surface area contributed by atoms with Gasteiger partial charge in [0.1, 0.15) is 23.9 Å². The Labute approximate surface area is 216 Å². The van der Waals surface area contributed by atoms with Gasteiger partial charge >= 0.3 is 11.9 Å². The summed E-state index contributed by atoms with van der Waals surface area (Å²) in [5.74, 6) is 0.328. The van der Waals surface area contributed by atoms with E-state index in [9.17, 15) is 14.7 Å². The summed E-state index contributed by atoms with van der Waals surface area (Å²) in [6.45, 7) is 8.00. The highest BCUT2D eigenvalue weighted by atomic mass is 16.6. The Balaban J connectivity index is 2.05. The van der Waals surface area contributed by atoms with Gasteiger partial charge in [0, 0.05) is 24.4 Å². The van der Waals surface area contributed by atoms with E-state index in [0.717, 1.165) is 11.1 Å². The summed E-state index contributed by atoms with van der Waals surface area (Å²) in [4.78, 5) is 29.0. The Morgan fingerprint density at radius 2 is 1.78 bits per heavy atom. The van der Waals surface area contributed by atoms with E-state index in [0.29, 0.717) is 34.0 Å². The van der Waals surface area contributed by atoms with Gasteiger partial charge in [0.25, 0.3) is 0 Å². The topological polar surface area (TPSA) is 108 Å². The van der Waals surface area contributed by atoms with Gasteiger partial charge < -0.3 is 23.7 Å². The number of allylic oxidation sites excluding steroid dienone is 2. The first-order valence-electron chi connectivity index (χ1n) is 11.8. The molecule has 2 aromatic heterocycles. The average molecular weight is 506 g/mol. The summed E-state index contributed by atoms with van der Waals surface area (Å²) in [6, 6.07) is 11.4. The van der Waals surface area contributed by atoms with E-state index in [2.05, 4.69) is 11.6 Å². The van der Waals surface area contributed by atoms with Crippen LogP contribution >= 0.6 is 0 Å². The number of carbonyl (C=O) groups is 2. The van der Waals surface area contributed by atoms with E-state index in [-0.39, 0.29) is 18.9 Å². The van der Waals surface area contributed by atoms with Crippen LogP contribution in [-0.2, 0) is 16.1 Å². The minimum absolute atomic E-state index is 0.0696. The second kappa shape index (κ2) is 12.7. The van der Waals surface area contributed by atoms with Crippen molar-refractivity contribution in [3.8, 4) is 5.75 Å². The predicted molar refractivity (Wildman–Crippen MR) is 138 cm³/mol. The van der Waals surface area contributed by atoms with Crippen LogP contribution in [0.3, 0.4) is 0 Å². The molecule has 0 saturated heterocycles. The van der Waals surface area contributed by atoms with Crippen molar-refractivity contribution in [2.24, 2.45) is 5.92 Å². The molecule has 1 N–H and O–H groups in total. The van der Waals surface area contributed by atoms with Crippen molar-refractivity contribution in [3.63, 3.8) is 0 Å². The fourth-order valence-electron chi connectivity index (χ4n) is 3.67. The van der Waals surface area contributed by atoms with Gasteiger partial charge in [0.2, 0.25) is 0 Å². The third kappa shape index (κ3) is 6.74. The van der Waals surface area contributed by atoms with Crippen LogP contribution in [0.1, 0.15) is 64.2 Å². The van der Waals surface area contributed by atoms with E-state index < -0.39 is 18.0 Å². The third-order valence-electron chi connectivity index (χ3n) is 5.81. The maximum Gasteiger partial charge on any atom is 0.338 e. The molecule has 3 aromatic rings. The molecule has 1 aromatic carbocycles. The van der Waals surface area contributed by atoms with Gasteiger partial charge in [0.15, 0.2) is 6.10 Å². The average Bonchev–Trinajstić information content (AvgIpc) is 3.41. The van der Waals surface area contributed by atoms with Gasteiger partial charge in [0.05, 0.1) is 25.3 Å². The summed E-state index contributed by atoms with van der Waals surface area (Å²) >= 11 is 0. The Bertz CT molecular complexity index is 1270. The summed E-state index contributed by atoms with van der Waals surface area (Å²) in [6.07, 6.45) is 4.32. The van der Waals surface area contributed by atoms with Crippen LogP contribution in [-0.4, -0.2) is 36.2 Å². The maximum absolute atomic E-state index is 12.9. The molecule has 0 aliphatic rings. The van der Waals surface area contributed by atoms with Gasteiger partial charge in [-0.2, -0.15) is 0 Å². The summed E-state index contributed by atoms with van der Waals surface area (Å²) in [5.41, 5.74) is 2.89. The van der Waals surface area contributed by atoms with E-state index in [1.165, 1.54) is 19.5 Å². The zero-order chi connectivity index (χ0) is 26.9. The fraction of sp³-hybridized carbons (Fsp3) is 0.276. The van der Waals surface area contributed by atoms with Crippen molar-refractivity contribution in [2.45, 2.75) is 33.0 Å². The summed E-state index contributed by atoms with van der Waals surface area (Å²) < 4.78 is 22.0. The molecule has 3 rings (SSSR count). The van der Waals surface area contributed by atoms with E-state index >= 15 is 0 Å². The zero-order valence-corrected chi connectivity index (χ0v) is 21.4. The molecule has 37 heavy (non-hydrogen) atoms. The number of aliphatic hydroxyl groups is 1. The largest absolute Gasteiger partial charge is 0.496 e. The van der Waals surface area contributed by atoms with Crippen molar-refractivity contribution in [2.75, 3.05) is 14.2 Å². The number of ether oxygens (including phenoxy) is 3. The van der Waals surface area contributed by atoms with Gasteiger partial charge in [-0.3, -0.25) is 4.98 Å². The van der Waals surface area contributed by atoms with Gasteiger partial charge in [-0.05, 0) is 59.5 Å². The molecule has 8 nitrogen and oxygen atoms in total. The lowest BCUT2D eigenvalue weighted by Crippen LogP contribution is -2.11. The molecule has 0 unspecified atom stereocenters. The van der Waals surface area contributed by atoms with Crippen LogP contribution in [0.4, 0.5) is 0 Å². The van der Waals surface area contributed by atoms with Gasteiger partial charge in [-0.1, -0.05) is 26.5 Å². The van der Waals surface area contributed by atoms with Gasteiger partial charge in [-0.25, -0.2) is 9.59 Å². The highest BCUT2D eigenvalue weighted by Crippen LogP contribution is 2.36. The van der Waals surface area contributed by atoms with E-state index in [1.807, 2.05) is 19.9 Å². The van der Waals surface area contributed by atoms with Crippen molar-refractivity contribution in [1.29, 1.82) is 0 Å². The van der Waals surface area contributed by atoms with Crippen LogP contribution in [0.5, 0.6) is 5.75 Å². The van der Waals surface area contributed by atoms with Crippen molar-refractivity contribution in [3.05, 3.63) is 101 Å². The Morgan fingerprint density at radius 1 is 1.05 bits per heavy atom. The third-order valence-corrected chi connectivity index (χ3v) is 5.81. The first-order chi connectivity index (χ1) is 17.8. The van der Waals surface area contributed by atoms with Crippen LogP contribution in [0.25, 0.3) is 5.57 Å². The van der Waals surface area contributed by atoms with Crippen molar-refractivity contribution in [1.82, 2.24) is 4.98 Å². The molecule has 0 bridgehead atoms. The van der Waals surface area contributed by atoms with Crippen LogP contribution in [0, 0.1) is 5.92 Å². The highest BCUT2D eigenvalue weighted by molar-refractivity contribution is 5.93. The molecule has 0 spiro atoms. The minimum Gasteiger partial charge on any atom is -0.496 e. The number of esters is 2. The molecule has 0 fully saturated rings. The fourth-order valence-corrected chi connectivity index (χ4v) is 3.67. The first-order valence-corrected chi connectivity index (χ1v) is 11.8. The number of hydrogen-bond donors (Lipinski definition) is 1. The molecular weight excluding hydrogens is 474 g/mol. The Morgan fingerprint density at radius 3 is 2.38 bits per heavy atom. The van der Waals surface area contributed by atoms with E-state index in [4.69, 9.17) is 18.6 Å². The zero-order valence-electron chi connectivity index (χ0n) is 21.4. The number of methoxy groups -OCH3 is 2. The van der Waals surface area contributed by atoms with Crippen LogP contribution in [0.2, 0.25) is 0 Å². The lowest BCUT2D eigenvalue weighted by atomic mass is 9.89. The maximum atomic E-state index is 12.9. The second-order valence-corrected chi connectivity index (χ2v) is 8.53.